The molecule has 0 saturated carbocycles. The Morgan fingerprint density at radius 1 is 1.88 bits per heavy atom. The summed E-state index contributed by atoms with van der Waals surface area (Å²) in [5.41, 5.74) is 0. The molecule has 0 aliphatic heterocycles. The Hall–Kier alpha value is -0.0600. The molecule has 0 aliphatic carbocycles. The van der Waals surface area contributed by atoms with Crippen molar-refractivity contribution in [1.29, 1.82) is 0 Å². The van der Waals surface area contributed by atoms with E-state index in [2.05, 4.69) is 9.99 Å². The number of oxime groups is 1. The molecule has 0 bridgehead atoms. The van der Waals surface area contributed by atoms with Crippen molar-refractivity contribution >= 4 is 12.2 Å². The van der Waals surface area contributed by atoms with Crippen LogP contribution in [-0.4, -0.2) is 19.3 Å². The molecule has 0 rings (SSSR count). The minimum atomic E-state index is -1.36. The maximum absolute atomic E-state index is 9.42. The molecule has 0 aromatic heterocycles. The van der Waals surface area contributed by atoms with Crippen LogP contribution in [-0.2, 0) is 9.63 Å². The Kier molecular flexibility index (Phi) is 9.40. The topological polar surface area (TPSA) is 61.7 Å². The summed E-state index contributed by atoms with van der Waals surface area (Å²) >= 11 is 0. The molecule has 0 saturated heterocycles. The second kappa shape index (κ2) is 6.94. The van der Waals surface area contributed by atoms with Gasteiger partial charge in [-0.1, -0.05) is 5.16 Å². The number of hydrogen-bond acceptors (Lipinski definition) is 4. The maximum atomic E-state index is 9.42. The summed E-state index contributed by atoms with van der Waals surface area (Å²) in [5, 5.41) is 12.3. The molecule has 0 aromatic carbocycles. The van der Waals surface area contributed by atoms with Crippen molar-refractivity contribution in [3.8, 4) is 0 Å². The van der Waals surface area contributed by atoms with Crippen LogP contribution in [0.1, 0.15) is 0 Å². The Bertz CT molecular complexity index is 92.5. The van der Waals surface area contributed by atoms with Crippen LogP contribution in [0.4, 0.5) is 0 Å². The van der Waals surface area contributed by atoms with Gasteiger partial charge in [-0.25, -0.2) is 0 Å². The van der Waals surface area contributed by atoms with E-state index in [4.69, 9.17) is 0 Å². The van der Waals surface area contributed by atoms with Gasteiger partial charge in [-0.05, 0) is 0 Å². The number of hydrogen-bond donors (Lipinski definition) is 0. The van der Waals surface area contributed by atoms with Gasteiger partial charge in [-0.3, -0.25) is 0 Å². The second-order valence-corrected chi connectivity index (χ2v) is 0.736. The molecule has 0 spiro atoms. The summed E-state index contributed by atoms with van der Waals surface area (Å²) in [6.45, 7) is 0. The SMILES string of the molecule is CON=CC(=O)[O-].[Na+]. The third-order valence-corrected chi connectivity index (χ3v) is 0.264. The van der Waals surface area contributed by atoms with E-state index in [9.17, 15) is 9.90 Å². The van der Waals surface area contributed by atoms with Gasteiger partial charge < -0.3 is 14.7 Å². The molecule has 0 N–H and O–H groups in total. The van der Waals surface area contributed by atoms with Gasteiger partial charge >= 0.3 is 29.6 Å². The average molecular weight is 125 g/mol. The van der Waals surface area contributed by atoms with Crippen molar-refractivity contribution in [3.05, 3.63) is 0 Å². The summed E-state index contributed by atoms with van der Waals surface area (Å²) in [5.74, 6) is -1.36. The first-order valence-corrected chi connectivity index (χ1v) is 1.55. The van der Waals surface area contributed by atoms with E-state index in [1.165, 1.54) is 7.11 Å². The van der Waals surface area contributed by atoms with Crippen molar-refractivity contribution in [2.45, 2.75) is 0 Å². The molecule has 0 amide bonds. The number of carboxylic acid groups (broad SMARTS) is 1. The number of carboxylic acids is 1. The molecule has 0 radical (unpaired) electrons. The number of carbonyl (C=O) groups excluding carboxylic acids is 1. The molecular weight excluding hydrogens is 121 g/mol. The first-order valence-electron chi connectivity index (χ1n) is 1.55. The predicted octanol–water partition coefficient (Wildman–Crippen LogP) is -4.63. The molecule has 8 heavy (non-hydrogen) atoms. The van der Waals surface area contributed by atoms with Gasteiger partial charge in [-0.2, -0.15) is 0 Å². The van der Waals surface area contributed by atoms with Crippen LogP contribution in [0.5, 0.6) is 0 Å². The summed E-state index contributed by atoms with van der Waals surface area (Å²) in [6, 6.07) is 0. The summed E-state index contributed by atoms with van der Waals surface area (Å²) in [7, 11) is 1.25. The van der Waals surface area contributed by atoms with Crippen molar-refractivity contribution in [1.82, 2.24) is 0 Å². The van der Waals surface area contributed by atoms with Gasteiger partial charge in [0.1, 0.15) is 7.11 Å². The van der Waals surface area contributed by atoms with Gasteiger partial charge in [0, 0.05) is 0 Å². The van der Waals surface area contributed by atoms with Crippen LogP contribution >= 0.6 is 0 Å². The van der Waals surface area contributed by atoms with Crippen LogP contribution < -0.4 is 34.7 Å². The van der Waals surface area contributed by atoms with Crippen LogP contribution in [0, 0.1) is 0 Å². The molecule has 0 heterocycles. The normalized spacial score (nSPS) is 8.12. The molecule has 4 nitrogen and oxygen atoms in total. The van der Waals surface area contributed by atoms with Crippen molar-refractivity contribution in [2.24, 2.45) is 5.16 Å². The van der Waals surface area contributed by atoms with E-state index in [0.29, 0.717) is 6.21 Å². The fourth-order valence-electron chi connectivity index (χ4n) is 0.0957. The zero-order chi connectivity index (χ0) is 5.70. The summed E-state index contributed by atoms with van der Waals surface area (Å²) < 4.78 is 0. The van der Waals surface area contributed by atoms with Gasteiger partial charge in [0.05, 0.1) is 12.2 Å². The standard InChI is InChI=1S/C3H5NO3.Na/c1-7-4-2-3(5)6;/h2H,1H3,(H,5,6);/q;+1/p-1. The molecule has 0 aromatic rings. The largest absolute Gasteiger partial charge is 1.00 e. The maximum Gasteiger partial charge on any atom is 1.00 e. The van der Waals surface area contributed by atoms with E-state index in [1.54, 1.807) is 0 Å². The Labute approximate surface area is 68.8 Å². The molecule has 0 atom stereocenters. The summed E-state index contributed by atoms with van der Waals surface area (Å²) in [6.07, 6.45) is 0.556. The third kappa shape index (κ3) is 9.34. The van der Waals surface area contributed by atoms with E-state index in [1.807, 2.05) is 0 Å². The first kappa shape index (κ1) is 10.8. The fraction of sp³-hybridized carbons (Fsp3) is 0.333. The van der Waals surface area contributed by atoms with E-state index < -0.39 is 5.97 Å². The molecular formula is C3H4NNaO3. The Morgan fingerprint density at radius 3 is 2.50 bits per heavy atom. The van der Waals surface area contributed by atoms with E-state index in [-0.39, 0.29) is 29.6 Å². The zero-order valence-corrected chi connectivity index (χ0v) is 6.75. The molecule has 0 unspecified atom stereocenters. The second-order valence-electron chi connectivity index (χ2n) is 0.736. The predicted molar refractivity (Wildman–Crippen MR) is 20.5 cm³/mol. The van der Waals surface area contributed by atoms with Crippen LogP contribution in [0.15, 0.2) is 5.16 Å². The number of rotatable bonds is 2. The monoisotopic (exact) mass is 125 g/mol. The minimum absolute atomic E-state index is 0. The van der Waals surface area contributed by atoms with Crippen molar-refractivity contribution in [2.75, 3.05) is 7.11 Å². The third-order valence-electron chi connectivity index (χ3n) is 0.264. The zero-order valence-electron chi connectivity index (χ0n) is 4.75. The molecule has 5 heteroatoms. The number of aliphatic carboxylic acids is 1. The van der Waals surface area contributed by atoms with Gasteiger partial charge in [0.2, 0.25) is 0 Å². The van der Waals surface area contributed by atoms with Crippen LogP contribution in [0.2, 0.25) is 0 Å². The van der Waals surface area contributed by atoms with Crippen molar-refractivity contribution < 1.29 is 44.3 Å². The minimum Gasteiger partial charge on any atom is -0.544 e. The van der Waals surface area contributed by atoms with Gasteiger partial charge in [-0.15, -0.1) is 0 Å². The molecule has 40 valence electrons. The summed E-state index contributed by atoms with van der Waals surface area (Å²) in [4.78, 5) is 13.4. The quantitative estimate of drug-likeness (QED) is 0.212. The van der Waals surface area contributed by atoms with Crippen molar-refractivity contribution in [3.63, 3.8) is 0 Å². The first-order chi connectivity index (χ1) is 3.27. The molecule has 0 aliphatic rings. The Balaban J connectivity index is 0. The van der Waals surface area contributed by atoms with E-state index >= 15 is 0 Å². The number of carbonyl (C=O) groups is 1. The van der Waals surface area contributed by atoms with Crippen LogP contribution in [0.25, 0.3) is 0 Å². The number of nitrogens with zero attached hydrogens (tertiary/aromatic N) is 1. The Morgan fingerprint density at radius 2 is 2.38 bits per heavy atom. The smallest absolute Gasteiger partial charge is 0.544 e. The van der Waals surface area contributed by atoms with Crippen LogP contribution in [0.3, 0.4) is 0 Å². The fourth-order valence-corrected chi connectivity index (χ4v) is 0.0957. The average Bonchev–Trinajstić information content (AvgIpc) is 1.61. The van der Waals surface area contributed by atoms with Gasteiger partial charge in [0.15, 0.2) is 0 Å². The van der Waals surface area contributed by atoms with Gasteiger partial charge in [0.25, 0.3) is 0 Å². The molecule has 0 fully saturated rings. The van der Waals surface area contributed by atoms with E-state index in [0.717, 1.165) is 0 Å².